The maximum atomic E-state index is 13.2. The third-order valence-corrected chi connectivity index (χ3v) is 5.48. The average Bonchev–Trinajstić information content (AvgIpc) is 2.82. The van der Waals surface area contributed by atoms with E-state index in [0.717, 1.165) is 10.5 Å². The van der Waals surface area contributed by atoms with Crippen molar-refractivity contribution >= 4 is 51.5 Å². The van der Waals surface area contributed by atoms with E-state index in [0.29, 0.717) is 15.8 Å². The van der Waals surface area contributed by atoms with Crippen molar-refractivity contribution in [3.63, 3.8) is 0 Å². The van der Waals surface area contributed by atoms with Gasteiger partial charge in [0.05, 0.1) is 11.3 Å². The molecule has 0 unspecified atom stereocenters. The van der Waals surface area contributed by atoms with E-state index >= 15 is 0 Å². The Morgan fingerprint density at radius 2 is 1.71 bits per heavy atom. The summed E-state index contributed by atoms with van der Waals surface area (Å²) in [4.78, 5) is 50.0. The topological polar surface area (TPSA) is 113 Å². The number of rotatable bonds is 6. The molecule has 8 nitrogen and oxygen atoms in total. The number of carbonyl (C=O) groups is 4. The van der Waals surface area contributed by atoms with Gasteiger partial charge in [0.15, 0.2) is 0 Å². The second kappa shape index (κ2) is 9.72. The summed E-state index contributed by atoms with van der Waals surface area (Å²) in [5, 5.41) is 11.2. The Morgan fingerprint density at radius 3 is 2.38 bits per heavy atom. The lowest BCUT2D eigenvalue weighted by Gasteiger charge is -2.26. The van der Waals surface area contributed by atoms with Crippen LogP contribution in [0.1, 0.15) is 21.5 Å². The first-order valence-corrected chi connectivity index (χ1v) is 10.8. The zero-order valence-corrected chi connectivity index (χ0v) is 19.1. The van der Waals surface area contributed by atoms with Gasteiger partial charge in [0.1, 0.15) is 17.9 Å². The number of anilines is 1. The molecule has 170 valence electrons. The van der Waals surface area contributed by atoms with Crippen LogP contribution >= 0.6 is 15.9 Å². The summed E-state index contributed by atoms with van der Waals surface area (Å²) < 4.78 is 6.62. The van der Waals surface area contributed by atoms with Gasteiger partial charge in [-0.05, 0) is 54.1 Å². The number of carboxylic acid groups (broad SMARTS) is 1. The fraction of sp³-hybridized carbons (Fsp3) is 0.0400. The van der Waals surface area contributed by atoms with Crippen LogP contribution in [0.3, 0.4) is 0 Å². The molecule has 1 fully saturated rings. The van der Waals surface area contributed by atoms with Crippen LogP contribution in [0.25, 0.3) is 6.08 Å². The molecule has 0 aliphatic carbocycles. The van der Waals surface area contributed by atoms with E-state index in [2.05, 4.69) is 21.2 Å². The lowest BCUT2D eigenvalue weighted by atomic mass is 10.1. The van der Waals surface area contributed by atoms with E-state index in [1.807, 2.05) is 30.3 Å². The Kier molecular flexibility index (Phi) is 6.55. The molecular formula is C25H17BrN2O6. The maximum absolute atomic E-state index is 13.2. The van der Waals surface area contributed by atoms with Crippen LogP contribution in [-0.2, 0) is 16.2 Å². The number of urea groups is 1. The van der Waals surface area contributed by atoms with Gasteiger partial charge in [0.25, 0.3) is 11.8 Å². The summed E-state index contributed by atoms with van der Waals surface area (Å²) in [6.07, 6.45) is 1.35. The molecule has 0 bridgehead atoms. The quantitative estimate of drug-likeness (QED) is 0.368. The molecule has 34 heavy (non-hydrogen) atoms. The second-order valence-corrected chi connectivity index (χ2v) is 8.18. The lowest BCUT2D eigenvalue weighted by Crippen LogP contribution is -2.54. The van der Waals surface area contributed by atoms with Gasteiger partial charge in [-0.1, -0.05) is 46.3 Å². The molecule has 0 spiro atoms. The molecule has 4 rings (SSSR count). The van der Waals surface area contributed by atoms with E-state index in [9.17, 15) is 19.2 Å². The molecule has 1 aliphatic heterocycles. The highest BCUT2D eigenvalue weighted by atomic mass is 79.9. The van der Waals surface area contributed by atoms with Crippen molar-refractivity contribution < 1.29 is 29.0 Å². The van der Waals surface area contributed by atoms with Crippen molar-refractivity contribution in [3.8, 4) is 5.75 Å². The first kappa shape index (κ1) is 22.9. The number of hydrogen-bond donors (Lipinski definition) is 2. The van der Waals surface area contributed by atoms with Crippen LogP contribution in [0.4, 0.5) is 10.5 Å². The lowest BCUT2D eigenvalue weighted by molar-refractivity contribution is -0.122. The normalized spacial score (nSPS) is 14.8. The molecular weight excluding hydrogens is 504 g/mol. The van der Waals surface area contributed by atoms with Crippen molar-refractivity contribution in [2.45, 2.75) is 6.61 Å². The number of hydrogen-bond acceptors (Lipinski definition) is 5. The van der Waals surface area contributed by atoms with Gasteiger partial charge in [-0.3, -0.25) is 14.9 Å². The monoisotopic (exact) mass is 520 g/mol. The van der Waals surface area contributed by atoms with Crippen molar-refractivity contribution in [2.24, 2.45) is 0 Å². The Hall–Kier alpha value is -4.24. The molecule has 0 saturated carbocycles. The SMILES string of the molecule is O=C1NC(=O)N(c2ccc(C(=O)O)cc2)C(=O)/C1=C/c1cc(Br)ccc1OCc1ccccc1. The molecule has 1 aliphatic rings. The van der Waals surface area contributed by atoms with Crippen molar-refractivity contribution in [1.29, 1.82) is 0 Å². The Balaban J connectivity index is 1.66. The Labute approximate surface area is 202 Å². The highest BCUT2D eigenvalue weighted by Crippen LogP contribution is 2.29. The van der Waals surface area contributed by atoms with Gasteiger partial charge >= 0.3 is 12.0 Å². The summed E-state index contributed by atoms with van der Waals surface area (Å²) in [5.74, 6) is -2.39. The smallest absolute Gasteiger partial charge is 0.335 e. The highest BCUT2D eigenvalue weighted by molar-refractivity contribution is 9.10. The molecule has 1 heterocycles. The summed E-state index contributed by atoms with van der Waals surface area (Å²) in [7, 11) is 0. The largest absolute Gasteiger partial charge is 0.488 e. The summed E-state index contributed by atoms with van der Waals surface area (Å²) in [5.41, 5.74) is 1.25. The fourth-order valence-electron chi connectivity index (χ4n) is 3.30. The standard InChI is InChI=1S/C25H17BrN2O6/c26-18-8-11-21(34-14-15-4-2-1-3-5-15)17(12-18)13-20-22(29)27-25(33)28(23(20)30)19-9-6-16(7-10-19)24(31)32/h1-13H,14H2,(H,31,32)(H,27,29,33)/b20-13+. The predicted octanol–water partition coefficient (Wildman–Crippen LogP) is 4.39. The number of barbiturate groups is 1. The average molecular weight is 521 g/mol. The van der Waals surface area contributed by atoms with E-state index in [1.54, 1.807) is 18.2 Å². The van der Waals surface area contributed by atoms with Gasteiger partial charge in [-0.2, -0.15) is 0 Å². The number of nitrogens with zero attached hydrogens (tertiary/aromatic N) is 1. The minimum Gasteiger partial charge on any atom is -0.488 e. The van der Waals surface area contributed by atoms with Crippen LogP contribution < -0.4 is 15.0 Å². The molecule has 3 aromatic carbocycles. The molecule has 4 amide bonds. The highest BCUT2D eigenvalue weighted by Gasteiger charge is 2.37. The van der Waals surface area contributed by atoms with Crippen LogP contribution in [0.15, 0.2) is 82.8 Å². The van der Waals surface area contributed by atoms with Crippen molar-refractivity contribution in [3.05, 3.63) is 99.5 Å². The zero-order chi connectivity index (χ0) is 24.2. The number of imide groups is 2. The van der Waals surface area contributed by atoms with Crippen molar-refractivity contribution in [1.82, 2.24) is 5.32 Å². The van der Waals surface area contributed by atoms with E-state index < -0.39 is 23.8 Å². The summed E-state index contributed by atoms with van der Waals surface area (Å²) in [6.45, 7) is 0.277. The number of halogens is 1. The number of carboxylic acids is 1. The minimum absolute atomic E-state index is 0.00481. The van der Waals surface area contributed by atoms with Crippen molar-refractivity contribution in [2.75, 3.05) is 4.90 Å². The van der Waals surface area contributed by atoms with Gasteiger partial charge in [0, 0.05) is 10.0 Å². The molecule has 3 aromatic rings. The van der Waals surface area contributed by atoms with Gasteiger partial charge < -0.3 is 9.84 Å². The van der Waals surface area contributed by atoms with E-state index in [4.69, 9.17) is 9.84 Å². The number of ether oxygens (including phenoxy) is 1. The summed E-state index contributed by atoms with van der Waals surface area (Å²) >= 11 is 3.38. The molecule has 0 atom stereocenters. The predicted molar refractivity (Wildman–Crippen MR) is 127 cm³/mol. The zero-order valence-electron chi connectivity index (χ0n) is 17.5. The van der Waals surface area contributed by atoms with Gasteiger partial charge in [0.2, 0.25) is 0 Å². The molecule has 9 heteroatoms. The Bertz CT molecular complexity index is 1320. The number of nitrogens with one attached hydrogen (secondary N) is 1. The molecule has 2 N–H and O–H groups in total. The molecule has 1 saturated heterocycles. The number of aromatic carboxylic acids is 1. The van der Waals surface area contributed by atoms with Crippen LogP contribution in [0, 0.1) is 0 Å². The van der Waals surface area contributed by atoms with E-state index in [-0.39, 0.29) is 23.4 Å². The third kappa shape index (κ3) is 4.89. The number of carbonyl (C=O) groups excluding carboxylic acids is 3. The number of benzene rings is 3. The second-order valence-electron chi connectivity index (χ2n) is 7.27. The first-order chi connectivity index (χ1) is 16.3. The van der Waals surface area contributed by atoms with Crippen LogP contribution in [0.5, 0.6) is 5.75 Å². The van der Waals surface area contributed by atoms with Crippen LogP contribution in [0.2, 0.25) is 0 Å². The summed E-state index contributed by atoms with van der Waals surface area (Å²) in [6, 6.07) is 18.9. The molecule has 0 radical (unpaired) electrons. The Morgan fingerprint density at radius 1 is 1.00 bits per heavy atom. The third-order valence-electron chi connectivity index (χ3n) is 4.98. The number of amides is 4. The maximum Gasteiger partial charge on any atom is 0.335 e. The first-order valence-electron chi connectivity index (χ1n) is 10.0. The minimum atomic E-state index is -1.14. The van der Waals surface area contributed by atoms with Gasteiger partial charge in [-0.15, -0.1) is 0 Å². The molecule has 0 aromatic heterocycles. The van der Waals surface area contributed by atoms with Crippen LogP contribution in [-0.4, -0.2) is 28.9 Å². The fourth-order valence-corrected chi connectivity index (χ4v) is 3.68. The van der Waals surface area contributed by atoms with E-state index in [1.165, 1.54) is 30.3 Å². The van der Waals surface area contributed by atoms with Gasteiger partial charge in [-0.25, -0.2) is 14.5 Å².